The van der Waals surface area contributed by atoms with Crippen LogP contribution in [0, 0.1) is 0 Å². The molecule has 27 heavy (non-hydrogen) atoms. The Kier molecular flexibility index (Phi) is 7.31. The first kappa shape index (κ1) is 20.4. The fourth-order valence-corrected chi connectivity index (χ4v) is 2.63. The number of benzene rings is 2. The summed E-state index contributed by atoms with van der Waals surface area (Å²) >= 11 is 5.99. The highest BCUT2D eigenvalue weighted by molar-refractivity contribution is 6.40. The molecule has 0 saturated carbocycles. The molecular weight excluding hydrogens is 372 g/mol. The van der Waals surface area contributed by atoms with Gasteiger partial charge in [-0.25, -0.2) is 0 Å². The van der Waals surface area contributed by atoms with Gasteiger partial charge in [0, 0.05) is 12.2 Å². The number of hydrogen-bond acceptors (Lipinski definition) is 5. The van der Waals surface area contributed by atoms with Crippen molar-refractivity contribution in [3.63, 3.8) is 0 Å². The van der Waals surface area contributed by atoms with Crippen molar-refractivity contribution >= 4 is 29.1 Å². The molecular formula is C19H21ClN2O5. The molecule has 2 aromatic carbocycles. The lowest BCUT2D eigenvalue weighted by atomic mass is 10.1. The molecule has 0 spiro atoms. The summed E-state index contributed by atoms with van der Waals surface area (Å²) in [5, 5.41) is 5.40. The predicted octanol–water partition coefficient (Wildman–Crippen LogP) is 2.66. The molecule has 144 valence electrons. The Hall–Kier alpha value is -2.93. The van der Waals surface area contributed by atoms with Gasteiger partial charge in [-0.1, -0.05) is 17.7 Å². The Morgan fingerprint density at radius 1 is 0.889 bits per heavy atom. The number of nitrogens with one attached hydrogen (secondary N) is 2. The molecule has 8 heteroatoms. The first-order chi connectivity index (χ1) is 13.0. The second kappa shape index (κ2) is 9.68. The molecule has 0 unspecified atom stereocenters. The average Bonchev–Trinajstić information content (AvgIpc) is 2.67. The molecule has 2 aromatic rings. The minimum absolute atomic E-state index is 0.297. The summed E-state index contributed by atoms with van der Waals surface area (Å²) < 4.78 is 15.5. The van der Waals surface area contributed by atoms with Crippen LogP contribution in [0.3, 0.4) is 0 Å². The number of carbonyl (C=O) groups is 2. The van der Waals surface area contributed by atoms with E-state index in [4.69, 9.17) is 25.8 Å². The third-order valence-corrected chi connectivity index (χ3v) is 4.06. The van der Waals surface area contributed by atoms with Gasteiger partial charge in [0.1, 0.15) is 5.75 Å². The summed E-state index contributed by atoms with van der Waals surface area (Å²) in [5.41, 5.74) is 1.34. The Labute approximate surface area is 162 Å². The maximum Gasteiger partial charge on any atom is 0.313 e. The summed E-state index contributed by atoms with van der Waals surface area (Å²) in [6, 6.07) is 10.2. The lowest BCUT2D eigenvalue weighted by molar-refractivity contribution is -0.136. The van der Waals surface area contributed by atoms with Crippen molar-refractivity contribution in [2.75, 3.05) is 33.2 Å². The Morgan fingerprint density at radius 2 is 1.56 bits per heavy atom. The second-order valence-electron chi connectivity index (χ2n) is 5.50. The zero-order chi connectivity index (χ0) is 19.8. The van der Waals surface area contributed by atoms with E-state index >= 15 is 0 Å². The van der Waals surface area contributed by atoms with Crippen LogP contribution in [0.4, 0.5) is 5.69 Å². The van der Waals surface area contributed by atoms with Gasteiger partial charge < -0.3 is 24.8 Å². The maximum absolute atomic E-state index is 12.0. The van der Waals surface area contributed by atoms with Crippen LogP contribution in [0.25, 0.3) is 0 Å². The van der Waals surface area contributed by atoms with E-state index in [0.29, 0.717) is 40.9 Å². The van der Waals surface area contributed by atoms with Gasteiger partial charge >= 0.3 is 11.8 Å². The van der Waals surface area contributed by atoms with Crippen molar-refractivity contribution in [2.45, 2.75) is 6.42 Å². The molecule has 0 atom stereocenters. The molecule has 0 saturated heterocycles. The van der Waals surface area contributed by atoms with Gasteiger partial charge in [-0.05, 0) is 42.3 Å². The summed E-state index contributed by atoms with van der Waals surface area (Å²) in [5.74, 6) is 0.207. The molecule has 0 aromatic heterocycles. The third-order valence-electron chi connectivity index (χ3n) is 3.76. The first-order valence-corrected chi connectivity index (χ1v) is 8.50. The van der Waals surface area contributed by atoms with Crippen LogP contribution in [0.2, 0.25) is 5.02 Å². The van der Waals surface area contributed by atoms with Crippen LogP contribution in [-0.2, 0) is 16.0 Å². The summed E-state index contributed by atoms with van der Waals surface area (Å²) in [4.78, 5) is 23.9. The molecule has 0 radical (unpaired) electrons. The van der Waals surface area contributed by atoms with Gasteiger partial charge in [0.2, 0.25) is 0 Å². The molecule has 2 amide bonds. The Morgan fingerprint density at radius 3 is 2.19 bits per heavy atom. The van der Waals surface area contributed by atoms with Gasteiger partial charge in [-0.2, -0.15) is 0 Å². The van der Waals surface area contributed by atoms with Crippen LogP contribution < -0.4 is 24.8 Å². The fourth-order valence-electron chi connectivity index (χ4n) is 2.37. The van der Waals surface area contributed by atoms with Gasteiger partial charge in [-0.3, -0.25) is 9.59 Å². The summed E-state index contributed by atoms with van der Waals surface area (Å²) in [7, 11) is 4.61. The summed E-state index contributed by atoms with van der Waals surface area (Å²) in [6.45, 7) is 0.297. The molecule has 0 fully saturated rings. The van der Waals surface area contributed by atoms with Gasteiger partial charge in [0.15, 0.2) is 11.5 Å². The van der Waals surface area contributed by atoms with Gasteiger partial charge in [-0.15, -0.1) is 0 Å². The van der Waals surface area contributed by atoms with E-state index in [1.165, 1.54) is 13.2 Å². The lowest BCUT2D eigenvalue weighted by Crippen LogP contribution is -2.36. The summed E-state index contributed by atoms with van der Waals surface area (Å²) in [6.07, 6.45) is 0.535. The van der Waals surface area contributed by atoms with Crippen molar-refractivity contribution in [3.05, 3.63) is 47.0 Å². The topological polar surface area (TPSA) is 85.9 Å². The number of rotatable bonds is 7. The average molecular weight is 393 g/mol. The molecule has 2 N–H and O–H groups in total. The zero-order valence-corrected chi connectivity index (χ0v) is 16.1. The number of hydrogen-bond donors (Lipinski definition) is 2. The number of anilines is 1. The van der Waals surface area contributed by atoms with E-state index in [1.807, 2.05) is 12.1 Å². The predicted molar refractivity (Wildman–Crippen MR) is 103 cm³/mol. The highest BCUT2D eigenvalue weighted by Crippen LogP contribution is 2.28. The second-order valence-corrected chi connectivity index (χ2v) is 5.91. The van der Waals surface area contributed by atoms with E-state index < -0.39 is 11.8 Å². The van der Waals surface area contributed by atoms with Gasteiger partial charge in [0.25, 0.3) is 0 Å². The lowest BCUT2D eigenvalue weighted by Gasteiger charge is -2.10. The zero-order valence-electron chi connectivity index (χ0n) is 15.3. The molecule has 0 bridgehead atoms. The highest BCUT2D eigenvalue weighted by atomic mass is 35.5. The van der Waals surface area contributed by atoms with Crippen LogP contribution >= 0.6 is 11.6 Å². The maximum atomic E-state index is 12.0. The third kappa shape index (κ3) is 5.52. The minimum atomic E-state index is -0.774. The largest absolute Gasteiger partial charge is 0.495 e. The molecule has 0 aliphatic heterocycles. The number of methoxy groups -OCH3 is 3. The van der Waals surface area contributed by atoms with Crippen LogP contribution in [0.5, 0.6) is 17.2 Å². The highest BCUT2D eigenvalue weighted by Gasteiger charge is 2.14. The number of amides is 2. The standard InChI is InChI=1S/C19H21ClN2O5/c1-25-15-7-5-13(11-14(15)20)22-19(24)18(23)21-9-8-12-4-6-16(26-2)17(10-12)27-3/h4-7,10-11H,8-9H2,1-3H3,(H,21,23)(H,22,24). The SMILES string of the molecule is COc1ccc(NC(=O)C(=O)NCCc2ccc(OC)c(OC)c2)cc1Cl. The normalized spacial score (nSPS) is 10.1. The minimum Gasteiger partial charge on any atom is -0.495 e. The van der Waals surface area contributed by atoms with Crippen LogP contribution in [0.15, 0.2) is 36.4 Å². The quantitative estimate of drug-likeness (QED) is 0.707. The number of carbonyl (C=O) groups excluding carboxylic acids is 2. The van der Waals surface area contributed by atoms with E-state index in [-0.39, 0.29) is 0 Å². The van der Waals surface area contributed by atoms with E-state index in [0.717, 1.165) is 5.56 Å². The van der Waals surface area contributed by atoms with Gasteiger partial charge in [0.05, 0.1) is 26.4 Å². The first-order valence-electron chi connectivity index (χ1n) is 8.12. The molecule has 0 aliphatic rings. The molecule has 0 heterocycles. The molecule has 7 nitrogen and oxygen atoms in total. The van der Waals surface area contributed by atoms with Crippen molar-refractivity contribution in [1.29, 1.82) is 0 Å². The smallest absolute Gasteiger partial charge is 0.313 e. The van der Waals surface area contributed by atoms with E-state index in [2.05, 4.69) is 10.6 Å². The number of halogens is 1. The Bertz CT molecular complexity index is 826. The van der Waals surface area contributed by atoms with Crippen LogP contribution in [-0.4, -0.2) is 39.7 Å². The van der Waals surface area contributed by atoms with Crippen molar-refractivity contribution < 1.29 is 23.8 Å². The Balaban J connectivity index is 1.86. The van der Waals surface area contributed by atoms with E-state index in [9.17, 15) is 9.59 Å². The van der Waals surface area contributed by atoms with Crippen molar-refractivity contribution in [1.82, 2.24) is 5.32 Å². The van der Waals surface area contributed by atoms with Crippen molar-refractivity contribution in [3.8, 4) is 17.2 Å². The fraction of sp³-hybridized carbons (Fsp3) is 0.263. The van der Waals surface area contributed by atoms with Crippen molar-refractivity contribution in [2.24, 2.45) is 0 Å². The van der Waals surface area contributed by atoms with Crippen LogP contribution in [0.1, 0.15) is 5.56 Å². The molecule has 0 aliphatic carbocycles. The molecule has 2 rings (SSSR count). The number of ether oxygens (including phenoxy) is 3. The monoisotopic (exact) mass is 392 g/mol. The van der Waals surface area contributed by atoms with E-state index in [1.54, 1.807) is 32.4 Å².